The van der Waals surface area contributed by atoms with Gasteiger partial charge in [-0.15, -0.1) is 0 Å². The highest BCUT2D eigenvalue weighted by Crippen LogP contribution is 2.08. The summed E-state index contributed by atoms with van der Waals surface area (Å²) in [6.45, 7) is 2.77. The Kier molecular flexibility index (Phi) is 5.14. The number of carbonyl (C=O) groups is 1. The Hall–Kier alpha value is -1.20. The predicted octanol–water partition coefficient (Wildman–Crippen LogP) is 0.178. The van der Waals surface area contributed by atoms with Crippen LogP contribution in [0.5, 0.6) is 0 Å². The fourth-order valence-corrected chi connectivity index (χ4v) is 2.10. The number of nitrogens with two attached hydrogens (primary N) is 1. The minimum Gasteiger partial charge on any atom is -0.354 e. The van der Waals surface area contributed by atoms with Gasteiger partial charge in [-0.25, -0.2) is 0 Å². The lowest BCUT2D eigenvalue weighted by molar-refractivity contribution is -0.118. The molecule has 0 aromatic heterocycles. The number of amides is 1. The molecular weight excluding hydrogens is 224 g/mol. The lowest BCUT2D eigenvalue weighted by Gasteiger charge is -2.04. The molecule has 3 N–H and O–H groups in total. The summed E-state index contributed by atoms with van der Waals surface area (Å²) in [6, 6.07) is 7.32. The van der Waals surface area contributed by atoms with Crippen LogP contribution in [0.1, 0.15) is 5.56 Å². The van der Waals surface area contributed by atoms with Crippen molar-refractivity contribution in [3.05, 3.63) is 29.8 Å². The second-order valence-corrected chi connectivity index (χ2v) is 4.89. The zero-order valence-electron chi connectivity index (χ0n) is 9.23. The van der Waals surface area contributed by atoms with Gasteiger partial charge in [-0.1, -0.05) is 17.7 Å². The second-order valence-electron chi connectivity index (χ2n) is 3.44. The minimum absolute atomic E-state index is 0.0109. The Bertz CT molecular complexity index is 376. The molecule has 1 rings (SSSR count). The average molecular weight is 240 g/mol. The minimum atomic E-state index is -1.28. The Morgan fingerprint density at radius 2 is 2.00 bits per heavy atom. The molecule has 4 nitrogen and oxygen atoms in total. The van der Waals surface area contributed by atoms with Gasteiger partial charge in [-0.2, -0.15) is 0 Å². The number of nitrogens with one attached hydrogen (secondary N) is 1. The SMILES string of the molecule is Cc1ccc(S(=O)CC(=O)NCCN)cc1. The van der Waals surface area contributed by atoms with E-state index in [1.165, 1.54) is 0 Å². The van der Waals surface area contributed by atoms with E-state index in [0.717, 1.165) is 5.56 Å². The van der Waals surface area contributed by atoms with E-state index in [-0.39, 0.29) is 11.7 Å². The van der Waals surface area contributed by atoms with Crippen molar-refractivity contribution < 1.29 is 9.00 Å². The van der Waals surface area contributed by atoms with Gasteiger partial charge in [0.2, 0.25) is 5.91 Å². The molecule has 0 aliphatic heterocycles. The average Bonchev–Trinajstić information content (AvgIpc) is 2.27. The summed E-state index contributed by atoms with van der Waals surface area (Å²) in [5.41, 5.74) is 6.35. The van der Waals surface area contributed by atoms with E-state index in [2.05, 4.69) is 5.32 Å². The maximum absolute atomic E-state index is 11.7. The van der Waals surface area contributed by atoms with Crippen LogP contribution < -0.4 is 11.1 Å². The van der Waals surface area contributed by atoms with Crippen LogP contribution in [0, 0.1) is 6.92 Å². The number of benzene rings is 1. The Labute approximate surface area is 97.7 Å². The van der Waals surface area contributed by atoms with Crippen molar-refractivity contribution in [2.75, 3.05) is 18.8 Å². The molecule has 0 heterocycles. The van der Waals surface area contributed by atoms with Gasteiger partial charge in [0.15, 0.2) is 0 Å². The molecule has 1 amide bonds. The van der Waals surface area contributed by atoms with E-state index in [1.54, 1.807) is 12.1 Å². The molecule has 0 saturated heterocycles. The Morgan fingerprint density at radius 1 is 1.38 bits per heavy atom. The van der Waals surface area contributed by atoms with E-state index in [0.29, 0.717) is 18.0 Å². The molecule has 0 spiro atoms. The molecule has 88 valence electrons. The van der Waals surface area contributed by atoms with E-state index in [4.69, 9.17) is 5.73 Å². The van der Waals surface area contributed by atoms with Gasteiger partial charge in [-0.05, 0) is 19.1 Å². The normalized spacial score (nSPS) is 12.1. The van der Waals surface area contributed by atoms with Crippen LogP contribution in [0.15, 0.2) is 29.2 Å². The molecule has 1 unspecified atom stereocenters. The molecule has 5 heteroatoms. The second kappa shape index (κ2) is 6.40. The first-order valence-corrected chi connectivity index (χ1v) is 6.37. The van der Waals surface area contributed by atoms with Crippen molar-refractivity contribution in [3.63, 3.8) is 0 Å². The van der Waals surface area contributed by atoms with Crippen molar-refractivity contribution in [2.24, 2.45) is 5.73 Å². The molecule has 0 aliphatic rings. The standard InChI is InChI=1S/C11H16N2O2S/c1-9-2-4-10(5-3-9)16(15)8-11(14)13-7-6-12/h2-5H,6-8,12H2,1H3,(H,13,14). The smallest absolute Gasteiger partial charge is 0.233 e. The molecule has 0 radical (unpaired) electrons. The first-order valence-electron chi connectivity index (χ1n) is 5.05. The molecule has 1 atom stereocenters. The van der Waals surface area contributed by atoms with Crippen molar-refractivity contribution in [1.29, 1.82) is 0 Å². The first kappa shape index (κ1) is 12.9. The number of aryl methyl sites for hydroxylation is 1. The summed E-state index contributed by atoms with van der Waals surface area (Å²) in [7, 11) is -1.28. The molecule has 0 aliphatic carbocycles. The van der Waals surface area contributed by atoms with Crippen molar-refractivity contribution in [1.82, 2.24) is 5.32 Å². The fourth-order valence-electron chi connectivity index (χ4n) is 1.16. The highest BCUT2D eigenvalue weighted by atomic mass is 32.2. The van der Waals surface area contributed by atoms with Crippen LogP contribution in [0.4, 0.5) is 0 Å². The van der Waals surface area contributed by atoms with Gasteiger partial charge in [0.1, 0.15) is 5.75 Å². The lowest BCUT2D eigenvalue weighted by atomic mass is 10.2. The van der Waals surface area contributed by atoms with Gasteiger partial charge in [0.25, 0.3) is 0 Å². The summed E-state index contributed by atoms with van der Waals surface area (Å²) in [5, 5.41) is 2.59. The van der Waals surface area contributed by atoms with Crippen molar-refractivity contribution in [3.8, 4) is 0 Å². The molecule has 0 fully saturated rings. The van der Waals surface area contributed by atoms with E-state index in [9.17, 15) is 9.00 Å². The molecule has 0 bridgehead atoms. The fraction of sp³-hybridized carbons (Fsp3) is 0.364. The maximum atomic E-state index is 11.7. The summed E-state index contributed by atoms with van der Waals surface area (Å²) in [4.78, 5) is 12.0. The summed E-state index contributed by atoms with van der Waals surface area (Å²) in [5.74, 6) is -0.243. The van der Waals surface area contributed by atoms with E-state index >= 15 is 0 Å². The van der Waals surface area contributed by atoms with Gasteiger partial charge in [0.05, 0.1) is 10.8 Å². The third kappa shape index (κ3) is 4.12. The molecule has 1 aromatic rings. The largest absolute Gasteiger partial charge is 0.354 e. The Morgan fingerprint density at radius 3 is 2.56 bits per heavy atom. The molecule has 1 aromatic carbocycles. The topological polar surface area (TPSA) is 72.2 Å². The zero-order chi connectivity index (χ0) is 12.0. The Balaban J connectivity index is 2.52. The van der Waals surface area contributed by atoms with Gasteiger partial charge in [-0.3, -0.25) is 9.00 Å². The number of carbonyl (C=O) groups excluding carboxylic acids is 1. The van der Waals surface area contributed by atoms with Crippen LogP contribution in [-0.2, 0) is 15.6 Å². The van der Waals surface area contributed by atoms with Crippen molar-refractivity contribution in [2.45, 2.75) is 11.8 Å². The van der Waals surface area contributed by atoms with Gasteiger partial charge < -0.3 is 11.1 Å². The van der Waals surface area contributed by atoms with Crippen LogP contribution in [0.2, 0.25) is 0 Å². The highest BCUT2D eigenvalue weighted by Gasteiger charge is 2.09. The highest BCUT2D eigenvalue weighted by molar-refractivity contribution is 7.85. The summed E-state index contributed by atoms with van der Waals surface area (Å²) < 4.78 is 11.7. The lowest BCUT2D eigenvalue weighted by Crippen LogP contribution is -2.32. The van der Waals surface area contributed by atoms with Crippen LogP contribution in [-0.4, -0.2) is 29.0 Å². The third-order valence-electron chi connectivity index (χ3n) is 2.01. The molecular formula is C11H16N2O2S. The summed E-state index contributed by atoms with van der Waals surface area (Å²) in [6.07, 6.45) is 0. The predicted molar refractivity (Wildman–Crippen MR) is 64.5 cm³/mol. The third-order valence-corrected chi connectivity index (χ3v) is 3.33. The van der Waals surface area contributed by atoms with Crippen molar-refractivity contribution >= 4 is 16.7 Å². The van der Waals surface area contributed by atoms with E-state index < -0.39 is 10.8 Å². The number of rotatable bonds is 5. The zero-order valence-corrected chi connectivity index (χ0v) is 10.0. The molecule has 16 heavy (non-hydrogen) atoms. The van der Waals surface area contributed by atoms with Crippen LogP contribution in [0.3, 0.4) is 0 Å². The van der Waals surface area contributed by atoms with Gasteiger partial charge >= 0.3 is 0 Å². The first-order chi connectivity index (χ1) is 7.63. The number of hydrogen-bond donors (Lipinski definition) is 2. The number of hydrogen-bond acceptors (Lipinski definition) is 3. The van der Waals surface area contributed by atoms with Gasteiger partial charge in [0, 0.05) is 18.0 Å². The van der Waals surface area contributed by atoms with Crippen LogP contribution >= 0.6 is 0 Å². The quantitative estimate of drug-likeness (QED) is 0.771. The summed E-state index contributed by atoms with van der Waals surface area (Å²) >= 11 is 0. The molecule has 0 saturated carbocycles. The van der Waals surface area contributed by atoms with E-state index in [1.807, 2.05) is 19.1 Å². The maximum Gasteiger partial charge on any atom is 0.233 e. The van der Waals surface area contributed by atoms with Crippen LogP contribution in [0.25, 0.3) is 0 Å². The monoisotopic (exact) mass is 240 g/mol.